The van der Waals surface area contributed by atoms with E-state index in [9.17, 15) is 9.59 Å². The molecule has 0 spiro atoms. The van der Waals surface area contributed by atoms with Crippen molar-refractivity contribution in [3.8, 4) is 0 Å². The second-order valence-electron chi connectivity index (χ2n) is 3.27. The number of thiol groups is 1. The van der Waals surface area contributed by atoms with Crippen molar-refractivity contribution in [2.24, 2.45) is 0 Å². The summed E-state index contributed by atoms with van der Waals surface area (Å²) in [6.07, 6.45) is 0. The molecule has 0 atom stereocenters. The first kappa shape index (κ1) is 14.2. The summed E-state index contributed by atoms with van der Waals surface area (Å²) in [5.74, 6) is -1.08. The molecular weight excluding hydrogens is 260 g/mol. The number of nitrogens with zero attached hydrogens (tertiary/aromatic N) is 4. The molecule has 0 N–H and O–H groups in total. The molecule has 0 unspecified atom stereocenters. The molecule has 0 saturated heterocycles. The number of hydrogen-bond acceptors (Lipinski definition) is 8. The quantitative estimate of drug-likeness (QED) is 0.326. The van der Waals surface area contributed by atoms with Crippen LogP contribution < -0.4 is 0 Å². The normalized spacial score (nSPS) is 9.89. The van der Waals surface area contributed by atoms with Crippen LogP contribution >= 0.6 is 12.6 Å². The third-order valence-electron chi connectivity index (χ3n) is 1.72. The average molecular weight is 272 g/mol. The summed E-state index contributed by atoms with van der Waals surface area (Å²) >= 11 is 3.92. The van der Waals surface area contributed by atoms with Gasteiger partial charge in [0.1, 0.15) is 19.8 Å². The molecule has 1 aromatic rings. The molecule has 0 aliphatic carbocycles. The van der Waals surface area contributed by atoms with Crippen LogP contribution in [0, 0.1) is 0 Å². The van der Waals surface area contributed by atoms with Crippen molar-refractivity contribution in [2.45, 2.75) is 18.6 Å². The molecule has 1 rings (SSSR count). The summed E-state index contributed by atoms with van der Waals surface area (Å²) in [5, 5.41) is 10.5. The topological polar surface area (TPSA) is 96.2 Å². The Balaban J connectivity index is 2.20. The lowest BCUT2D eigenvalue weighted by atomic mass is 10.4. The van der Waals surface area contributed by atoms with Crippen LogP contribution in [0.4, 0.5) is 0 Å². The Hall–Kier alpha value is -1.90. The van der Waals surface area contributed by atoms with Gasteiger partial charge in [-0.15, -0.1) is 17.7 Å². The van der Waals surface area contributed by atoms with Crippen molar-refractivity contribution in [1.29, 1.82) is 0 Å². The van der Waals surface area contributed by atoms with Crippen LogP contribution in [0.3, 0.4) is 0 Å². The zero-order chi connectivity index (χ0) is 13.5. The molecule has 18 heavy (non-hydrogen) atoms. The van der Waals surface area contributed by atoms with Gasteiger partial charge in [0, 0.05) is 5.57 Å². The van der Waals surface area contributed by atoms with Crippen molar-refractivity contribution in [3.05, 3.63) is 12.2 Å². The Morgan fingerprint density at radius 3 is 2.61 bits per heavy atom. The van der Waals surface area contributed by atoms with E-state index in [1.54, 1.807) is 0 Å². The molecule has 1 aromatic heterocycles. The number of esters is 2. The van der Waals surface area contributed by atoms with Gasteiger partial charge in [-0.3, -0.25) is 4.79 Å². The maximum atomic E-state index is 11.3. The maximum Gasteiger partial charge on any atom is 0.333 e. The van der Waals surface area contributed by atoms with Crippen molar-refractivity contribution >= 4 is 24.6 Å². The molecule has 0 aliphatic heterocycles. The molecular formula is C9H12N4O4S. The first-order valence-corrected chi connectivity index (χ1v) is 5.39. The fourth-order valence-corrected chi connectivity index (χ4v) is 1.03. The van der Waals surface area contributed by atoms with E-state index in [0.717, 1.165) is 0 Å². The summed E-state index contributed by atoms with van der Waals surface area (Å²) in [5.41, 5.74) is 0.287. The Kier molecular flexibility index (Phi) is 5.31. The second kappa shape index (κ2) is 6.74. The molecule has 0 aromatic carbocycles. The molecule has 0 aliphatic rings. The highest BCUT2D eigenvalue weighted by Gasteiger charge is 2.09. The van der Waals surface area contributed by atoms with Gasteiger partial charge < -0.3 is 9.47 Å². The van der Waals surface area contributed by atoms with Gasteiger partial charge in [-0.1, -0.05) is 6.58 Å². The molecule has 0 amide bonds. The molecule has 98 valence electrons. The van der Waals surface area contributed by atoms with Crippen LogP contribution in [0.5, 0.6) is 0 Å². The number of hydrogen-bond donors (Lipinski definition) is 1. The van der Waals surface area contributed by atoms with Crippen LogP contribution in [0.25, 0.3) is 0 Å². The third kappa shape index (κ3) is 4.53. The van der Waals surface area contributed by atoms with E-state index in [2.05, 4.69) is 34.7 Å². The van der Waals surface area contributed by atoms with Gasteiger partial charge in [0.2, 0.25) is 5.16 Å². The van der Waals surface area contributed by atoms with Gasteiger partial charge in [0.25, 0.3) is 0 Å². The van der Waals surface area contributed by atoms with E-state index in [1.165, 1.54) is 11.6 Å². The molecule has 0 radical (unpaired) electrons. The zero-order valence-electron chi connectivity index (χ0n) is 9.70. The third-order valence-corrected chi connectivity index (χ3v) is 2.04. The van der Waals surface area contributed by atoms with E-state index in [4.69, 9.17) is 9.47 Å². The Morgan fingerprint density at radius 1 is 1.39 bits per heavy atom. The molecule has 0 bridgehead atoms. The lowest BCUT2D eigenvalue weighted by molar-refractivity contribution is -0.150. The Labute approximate surface area is 108 Å². The highest BCUT2D eigenvalue weighted by molar-refractivity contribution is 7.80. The number of ether oxygens (including phenoxy) is 2. The fourth-order valence-electron chi connectivity index (χ4n) is 0.883. The lowest BCUT2D eigenvalue weighted by Gasteiger charge is -2.06. The summed E-state index contributed by atoms with van der Waals surface area (Å²) in [6.45, 7) is 4.72. The highest BCUT2D eigenvalue weighted by Crippen LogP contribution is 1.97. The first-order valence-electron chi connectivity index (χ1n) is 4.94. The van der Waals surface area contributed by atoms with Gasteiger partial charge >= 0.3 is 11.9 Å². The van der Waals surface area contributed by atoms with Crippen LogP contribution in [0.15, 0.2) is 17.3 Å². The van der Waals surface area contributed by atoms with Gasteiger partial charge in [-0.05, 0) is 17.4 Å². The van der Waals surface area contributed by atoms with E-state index in [1.807, 2.05) is 0 Å². The number of aromatic nitrogens is 4. The Bertz CT molecular complexity index is 459. The minimum absolute atomic E-state index is 0.0270. The molecule has 1 heterocycles. The summed E-state index contributed by atoms with van der Waals surface area (Å²) in [7, 11) is 0. The Morgan fingerprint density at radius 2 is 2.06 bits per heavy atom. The summed E-state index contributed by atoms with van der Waals surface area (Å²) in [6, 6.07) is 0. The van der Waals surface area contributed by atoms with E-state index in [0.29, 0.717) is 0 Å². The molecule has 0 fully saturated rings. The average Bonchev–Trinajstić information content (AvgIpc) is 2.70. The number of carbonyl (C=O) groups excluding carboxylic acids is 2. The molecule has 0 saturated carbocycles. The number of carbonyl (C=O) groups is 2. The first-order chi connectivity index (χ1) is 8.50. The number of rotatable bonds is 6. The van der Waals surface area contributed by atoms with E-state index in [-0.39, 0.29) is 30.5 Å². The van der Waals surface area contributed by atoms with Crippen molar-refractivity contribution in [3.63, 3.8) is 0 Å². The van der Waals surface area contributed by atoms with Crippen LogP contribution in [-0.2, 0) is 25.6 Å². The standard InChI is InChI=1S/C9H12N4O4S/c1-6(2)8(15)17-4-3-16-7(14)5-13-9(18)10-11-12-13/h1,3-5H2,2H3,(H,10,12,18). The smallest absolute Gasteiger partial charge is 0.333 e. The van der Waals surface area contributed by atoms with Crippen molar-refractivity contribution in [2.75, 3.05) is 13.2 Å². The van der Waals surface area contributed by atoms with Crippen molar-refractivity contribution < 1.29 is 19.1 Å². The minimum atomic E-state index is -0.552. The lowest BCUT2D eigenvalue weighted by Crippen LogP contribution is -2.18. The molecule has 8 nitrogen and oxygen atoms in total. The predicted molar refractivity (Wildman–Crippen MR) is 61.8 cm³/mol. The van der Waals surface area contributed by atoms with Gasteiger partial charge in [-0.2, -0.15) is 0 Å². The van der Waals surface area contributed by atoms with Crippen LogP contribution in [0.2, 0.25) is 0 Å². The van der Waals surface area contributed by atoms with Crippen molar-refractivity contribution in [1.82, 2.24) is 20.2 Å². The summed E-state index contributed by atoms with van der Waals surface area (Å²) < 4.78 is 10.7. The highest BCUT2D eigenvalue weighted by atomic mass is 32.1. The number of tetrazole rings is 1. The summed E-state index contributed by atoms with van der Waals surface area (Å²) in [4.78, 5) is 22.3. The van der Waals surface area contributed by atoms with E-state index >= 15 is 0 Å². The minimum Gasteiger partial charge on any atom is -0.461 e. The monoisotopic (exact) mass is 272 g/mol. The fraction of sp³-hybridized carbons (Fsp3) is 0.444. The van der Waals surface area contributed by atoms with Gasteiger partial charge in [0.15, 0.2) is 0 Å². The van der Waals surface area contributed by atoms with Crippen LogP contribution in [0.1, 0.15) is 6.92 Å². The largest absolute Gasteiger partial charge is 0.461 e. The van der Waals surface area contributed by atoms with Crippen LogP contribution in [-0.4, -0.2) is 45.4 Å². The zero-order valence-corrected chi connectivity index (χ0v) is 10.6. The van der Waals surface area contributed by atoms with Gasteiger partial charge in [0.05, 0.1) is 0 Å². The second-order valence-corrected chi connectivity index (χ2v) is 3.67. The predicted octanol–water partition coefficient (Wildman–Crippen LogP) is -0.376. The van der Waals surface area contributed by atoms with E-state index < -0.39 is 11.9 Å². The SMILES string of the molecule is C=C(C)C(=O)OCCOC(=O)Cn1nnnc1S. The molecule has 9 heteroatoms. The van der Waals surface area contributed by atoms with Gasteiger partial charge in [-0.25, -0.2) is 9.48 Å². The maximum absolute atomic E-state index is 11.3.